The monoisotopic (exact) mass is 171 g/mol. The average molecular weight is 171 g/mol. The zero-order chi connectivity index (χ0) is 8.97. The van der Waals surface area contributed by atoms with Crippen LogP contribution in [0.3, 0.4) is 0 Å². The molecule has 2 nitrogen and oxygen atoms in total. The first-order valence-corrected chi connectivity index (χ1v) is 5.02. The number of nitrogens with two attached hydrogens (primary N) is 1. The summed E-state index contributed by atoms with van der Waals surface area (Å²) < 4.78 is 5.18. The second-order valence-electron chi connectivity index (χ2n) is 3.98. The Morgan fingerprint density at radius 1 is 1.42 bits per heavy atom. The number of ether oxygens (including phenoxy) is 1. The van der Waals surface area contributed by atoms with Crippen LogP contribution in [0.25, 0.3) is 0 Å². The lowest BCUT2D eigenvalue weighted by atomic mass is 9.78. The summed E-state index contributed by atoms with van der Waals surface area (Å²) in [6.45, 7) is 2.10. The number of rotatable bonds is 5. The van der Waals surface area contributed by atoms with Crippen molar-refractivity contribution in [3.8, 4) is 0 Å². The van der Waals surface area contributed by atoms with Crippen molar-refractivity contribution in [3.63, 3.8) is 0 Å². The van der Waals surface area contributed by atoms with Crippen molar-refractivity contribution < 1.29 is 4.74 Å². The number of methoxy groups -OCH3 is 1. The standard InChI is InChI=1S/C10H21NO/c1-8(12-2)6-7-10(11)9-4-3-5-9/h8-10H,3-7,11H2,1-2H3. The zero-order valence-electron chi connectivity index (χ0n) is 8.25. The molecule has 0 heterocycles. The second-order valence-corrected chi connectivity index (χ2v) is 3.98. The zero-order valence-corrected chi connectivity index (χ0v) is 8.25. The summed E-state index contributed by atoms with van der Waals surface area (Å²) in [7, 11) is 1.76. The van der Waals surface area contributed by atoms with Gasteiger partial charge in [0.25, 0.3) is 0 Å². The van der Waals surface area contributed by atoms with E-state index in [9.17, 15) is 0 Å². The molecule has 1 fully saturated rings. The number of hydrogen-bond donors (Lipinski definition) is 1. The molecule has 2 N–H and O–H groups in total. The van der Waals surface area contributed by atoms with E-state index < -0.39 is 0 Å². The van der Waals surface area contributed by atoms with Crippen LogP contribution in [-0.2, 0) is 4.74 Å². The maximum absolute atomic E-state index is 6.03. The Balaban J connectivity index is 2.05. The van der Waals surface area contributed by atoms with Gasteiger partial charge in [0.05, 0.1) is 6.10 Å². The first-order chi connectivity index (χ1) is 5.74. The molecule has 1 aliphatic carbocycles. The first kappa shape index (κ1) is 10.0. The Kier molecular flexibility index (Phi) is 4.02. The molecule has 0 amide bonds. The fourth-order valence-electron chi connectivity index (χ4n) is 1.65. The van der Waals surface area contributed by atoms with Crippen LogP contribution < -0.4 is 5.73 Å². The van der Waals surface area contributed by atoms with Crippen molar-refractivity contribution in [2.75, 3.05) is 7.11 Å². The lowest BCUT2D eigenvalue weighted by Crippen LogP contribution is -2.35. The van der Waals surface area contributed by atoms with Gasteiger partial charge >= 0.3 is 0 Å². The Morgan fingerprint density at radius 2 is 2.08 bits per heavy atom. The Morgan fingerprint density at radius 3 is 2.50 bits per heavy atom. The molecule has 2 heteroatoms. The Bertz CT molecular complexity index is 123. The lowest BCUT2D eigenvalue weighted by Gasteiger charge is -2.31. The third-order valence-corrected chi connectivity index (χ3v) is 3.06. The van der Waals surface area contributed by atoms with E-state index in [-0.39, 0.29) is 0 Å². The van der Waals surface area contributed by atoms with Crippen LogP contribution in [0.1, 0.15) is 39.0 Å². The molecule has 2 atom stereocenters. The van der Waals surface area contributed by atoms with Crippen LogP contribution in [0.15, 0.2) is 0 Å². The third-order valence-electron chi connectivity index (χ3n) is 3.06. The van der Waals surface area contributed by atoms with Gasteiger partial charge in [-0.15, -0.1) is 0 Å². The molecule has 0 aromatic carbocycles. The van der Waals surface area contributed by atoms with E-state index in [1.807, 2.05) is 0 Å². The van der Waals surface area contributed by atoms with Crippen LogP contribution in [-0.4, -0.2) is 19.3 Å². The van der Waals surface area contributed by atoms with Gasteiger partial charge in [0, 0.05) is 13.2 Å². The molecular weight excluding hydrogens is 150 g/mol. The first-order valence-electron chi connectivity index (χ1n) is 5.02. The normalized spacial score (nSPS) is 23.2. The highest BCUT2D eigenvalue weighted by atomic mass is 16.5. The summed E-state index contributed by atoms with van der Waals surface area (Å²) >= 11 is 0. The van der Waals surface area contributed by atoms with Gasteiger partial charge in [-0.2, -0.15) is 0 Å². The van der Waals surface area contributed by atoms with Gasteiger partial charge in [-0.3, -0.25) is 0 Å². The summed E-state index contributed by atoms with van der Waals surface area (Å²) in [6, 6.07) is 0.427. The van der Waals surface area contributed by atoms with Crippen molar-refractivity contribution >= 4 is 0 Å². The van der Waals surface area contributed by atoms with E-state index in [0.717, 1.165) is 18.8 Å². The van der Waals surface area contributed by atoms with Crippen LogP contribution in [0.5, 0.6) is 0 Å². The summed E-state index contributed by atoms with van der Waals surface area (Å²) in [6.07, 6.45) is 6.69. The summed E-state index contributed by atoms with van der Waals surface area (Å²) in [5, 5.41) is 0. The Labute approximate surface area is 75.5 Å². The van der Waals surface area contributed by atoms with Crippen LogP contribution in [0, 0.1) is 5.92 Å². The second kappa shape index (κ2) is 4.83. The molecule has 2 unspecified atom stereocenters. The summed E-state index contributed by atoms with van der Waals surface area (Å²) in [5.41, 5.74) is 6.03. The van der Waals surface area contributed by atoms with Crippen molar-refractivity contribution in [2.24, 2.45) is 11.7 Å². The highest BCUT2D eigenvalue weighted by molar-refractivity contribution is 4.80. The molecule has 0 spiro atoms. The Hall–Kier alpha value is -0.0800. The van der Waals surface area contributed by atoms with E-state index in [4.69, 9.17) is 10.5 Å². The predicted molar refractivity (Wildman–Crippen MR) is 51.0 cm³/mol. The molecule has 12 heavy (non-hydrogen) atoms. The third kappa shape index (κ3) is 2.76. The van der Waals surface area contributed by atoms with Gasteiger partial charge < -0.3 is 10.5 Å². The molecule has 72 valence electrons. The van der Waals surface area contributed by atoms with Crippen LogP contribution in [0.4, 0.5) is 0 Å². The molecular formula is C10H21NO. The smallest absolute Gasteiger partial charge is 0.0543 e. The molecule has 0 aromatic rings. The van der Waals surface area contributed by atoms with Crippen molar-refractivity contribution in [1.82, 2.24) is 0 Å². The van der Waals surface area contributed by atoms with Gasteiger partial charge in [0.15, 0.2) is 0 Å². The highest BCUT2D eigenvalue weighted by Crippen LogP contribution is 2.30. The average Bonchev–Trinajstić information content (AvgIpc) is 1.97. The molecule has 1 saturated carbocycles. The SMILES string of the molecule is COC(C)CCC(N)C1CCC1. The molecule has 0 radical (unpaired) electrons. The highest BCUT2D eigenvalue weighted by Gasteiger charge is 2.24. The van der Waals surface area contributed by atoms with Gasteiger partial charge in [-0.1, -0.05) is 6.42 Å². The van der Waals surface area contributed by atoms with Crippen molar-refractivity contribution in [1.29, 1.82) is 0 Å². The topological polar surface area (TPSA) is 35.2 Å². The van der Waals surface area contributed by atoms with E-state index in [1.54, 1.807) is 7.11 Å². The van der Waals surface area contributed by atoms with Gasteiger partial charge in [-0.25, -0.2) is 0 Å². The van der Waals surface area contributed by atoms with E-state index in [0.29, 0.717) is 12.1 Å². The molecule has 0 bridgehead atoms. The van der Waals surface area contributed by atoms with Gasteiger partial charge in [-0.05, 0) is 38.5 Å². The minimum absolute atomic E-state index is 0.371. The summed E-state index contributed by atoms with van der Waals surface area (Å²) in [4.78, 5) is 0. The van der Waals surface area contributed by atoms with Crippen LogP contribution >= 0.6 is 0 Å². The fraction of sp³-hybridized carbons (Fsp3) is 1.00. The largest absolute Gasteiger partial charge is 0.382 e. The molecule has 0 aliphatic heterocycles. The van der Waals surface area contributed by atoms with Gasteiger partial charge in [0.1, 0.15) is 0 Å². The van der Waals surface area contributed by atoms with E-state index >= 15 is 0 Å². The van der Waals surface area contributed by atoms with Crippen molar-refractivity contribution in [3.05, 3.63) is 0 Å². The molecule has 0 aromatic heterocycles. The van der Waals surface area contributed by atoms with E-state index in [1.165, 1.54) is 19.3 Å². The van der Waals surface area contributed by atoms with E-state index in [2.05, 4.69) is 6.92 Å². The maximum atomic E-state index is 6.03. The quantitative estimate of drug-likeness (QED) is 0.686. The summed E-state index contributed by atoms with van der Waals surface area (Å²) in [5.74, 6) is 0.814. The van der Waals surface area contributed by atoms with Gasteiger partial charge in [0.2, 0.25) is 0 Å². The minimum Gasteiger partial charge on any atom is -0.382 e. The maximum Gasteiger partial charge on any atom is 0.0543 e. The van der Waals surface area contributed by atoms with Crippen LogP contribution in [0.2, 0.25) is 0 Å². The minimum atomic E-state index is 0.371. The molecule has 1 rings (SSSR count). The van der Waals surface area contributed by atoms with Crippen molar-refractivity contribution in [2.45, 2.75) is 51.2 Å². The number of hydrogen-bond acceptors (Lipinski definition) is 2. The lowest BCUT2D eigenvalue weighted by molar-refractivity contribution is 0.102. The molecule has 0 saturated heterocycles. The molecule has 1 aliphatic rings. The fourth-order valence-corrected chi connectivity index (χ4v) is 1.65. The predicted octanol–water partition coefficient (Wildman–Crippen LogP) is 1.93.